The fourth-order valence-corrected chi connectivity index (χ4v) is 2.04. The maximum absolute atomic E-state index is 5.78. The lowest BCUT2D eigenvalue weighted by molar-refractivity contribution is 0.210. The number of hydrogen-bond donors (Lipinski definition) is 0. The van der Waals surface area contributed by atoms with E-state index in [0.29, 0.717) is 5.88 Å². The normalized spacial score (nSPS) is 15.4. The van der Waals surface area contributed by atoms with Gasteiger partial charge in [0.15, 0.2) is 0 Å². The predicted molar refractivity (Wildman–Crippen MR) is 67.3 cm³/mol. The van der Waals surface area contributed by atoms with Crippen LogP contribution in [-0.2, 0) is 0 Å². The Bertz CT molecular complexity index is 300. The summed E-state index contributed by atoms with van der Waals surface area (Å²) in [5, 5.41) is 0. The number of rotatable bonds is 7. The Morgan fingerprint density at radius 1 is 1.19 bits per heavy atom. The third-order valence-electron chi connectivity index (χ3n) is 2.83. The van der Waals surface area contributed by atoms with Crippen molar-refractivity contribution in [1.29, 1.82) is 0 Å². The van der Waals surface area contributed by atoms with E-state index >= 15 is 0 Å². The fourth-order valence-electron chi connectivity index (χ4n) is 1.82. The van der Waals surface area contributed by atoms with Gasteiger partial charge in [-0.1, -0.05) is 18.2 Å². The first-order valence-electron chi connectivity index (χ1n) is 5.88. The Morgan fingerprint density at radius 2 is 1.94 bits per heavy atom. The van der Waals surface area contributed by atoms with Crippen molar-refractivity contribution in [1.82, 2.24) is 4.90 Å². The molecule has 0 saturated heterocycles. The molecule has 0 aromatic heterocycles. The van der Waals surface area contributed by atoms with Crippen molar-refractivity contribution in [3.8, 4) is 5.75 Å². The first kappa shape index (κ1) is 11.7. The van der Waals surface area contributed by atoms with Crippen molar-refractivity contribution in [2.24, 2.45) is 0 Å². The van der Waals surface area contributed by atoms with Crippen LogP contribution in [0.2, 0.25) is 0 Å². The van der Waals surface area contributed by atoms with Crippen LogP contribution in [0.15, 0.2) is 30.3 Å². The summed E-state index contributed by atoms with van der Waals surface area (Å²) in [6.07, 6.45) is 2.64. The molecular formula is C13H18ClNO. The second-order valence-electron chi connectivity index (χ2n) is 4.12. The third-order valence-corrected chi connectivity index (χ3v) is 2.99. The number of hydrogen-bond acceptors (Lipinski definition) is 2. The van der Waals surface area contributed by atoms with Gasteiger partial charge >= 0.3 is 0 Å². The zero-order valence-electron chi connectivity index (χ0n) is 9.44. The molecule has 0 radical (unpaired) electrons. The Kier molecular flexibility index (Phi) is 4.49. The van der Waals surface area contributed by atoms with Crippen LogP contribution in [0.25, 0.3) is 0 Å². The van der Waals surface area contributed by atoms with E-state index in [9.17, 15) is 0 Å². The van der Waals surface area contributed by atoms with Gasteiger partial charge in [0.2, 0.25) is 0 Å². The zero-order valence-corrected chi connectivity index (χ0v) is 10.2. The lowest BCUT2D eigenvalue weighted by Gasteiger charge is -2.20. The Labute approximate surface area is 102 Å². The van der Waals surface area contributed by atoms with E-state index in [1.54, 1.807) is 0 Å². The van der Waals surface area contributed by atoms with Gasteiger partial charge in [0.1, 0.15) is 12.4 Å². The minimum atomic E-state index is 0.710. The standard InChI is InChI=1S/C13H18ClNO/c14-8-9-15(12-6-7-12)10-11-16-13-4-2-1-3-5-13/h1-5,12H,6-11H2. The van der Waals surface area contributed by atoms with Gasteiger partial charge in [-0.05, 0) is 25.0 Å². The Balaban J connectivity index is 1.70. The minimum Gasteiger partial charge on any atom is -0.492 e. The van der Waals surface area contributed by atoms with E-state index in [1.165, 1.54) is 12.8 Å². The molecule has 1 aromatic rings. The molecule has 0 amide bonds. The lowest BCUT2D eigenvalue weighted by Crippen LogP contribution is -2.32. The summed E-state index contributed by atoms with van der Waals surface area (Å²) in [6, 6.07) is 10.7. The van der Waals surface area contributed by atoms with Gasteiger partial charge in [0, 0.05) is 25.0 Å². The van der Waals surface area contributed by atoms with Crippen molar-refractivity contribution in [3.63, 3.8) is 0 Å². The summed E-state index contributed by atoms with van der Waals surface area (Å²) >= 11 is 5.78. The molecule has 88 valence electrons. The molecule has 0 N–H and O–H groups in total. The number of ether oxygens (including phenoxy) is 1. The van der Waals surface area contributed by atoms with Gasteiger partial charge in [-0.2, -0.15) is 0 Å². The molecule has 2 nitrogen and oxygen atoms in total. The molecule has 1 aliphatic rings. The topological polar surface area (TPSA) is 12.5 Å². The van der Waals surface area contributed by atoms with Gasteiger partial charge in [-0.15, -0.1) is 11.6 Å². The van der Waals surface area contributed by atoms with Crippen molar-refractivity contribution in [3.05, 3.63) is 30.3 Å². The van der Waals surface area contributed by atoms with Crippen LogP contribution in [0, 0.1) is 0 Å². The van der Waals surface area contributed by atoms with Crippen LogP contribution < -0.4 is 4.74 Å². The van der Waals surface area contributed by atoms with Crippen molar-refractivity contribution in [2.75, 3.05) is 25.6 Å². The molecule has 1 aromatic carbocycles. The van der Waals surface area contributed by atoms with Crippen LogP contribution in [-0.4, -0.2) is 36.5 Å². The molecule has 0 aliphatic heterocycles. The highest BCUT2D eigenvalue weighted by atomic mass is 35.5. The van der Waals surface area contributed by atoms with Crippen molar-refractivity contribution in [2.45, 2.75) is 18.9 Å². The van der Waals surface area contributed by atoms with Gasteiger partial charge < -0.3 is 4.74 Å². The summed E-state index contributed by atoms with van der Waals surface area (Å²) in [7, 11) is 0. The molecule has 16 heavy (non-hydrogen) atoms. The summed E-state index contributed by atoms with van der Waals surface area (Å²) in [4.78, 5) is 2.43. The molecule has 0 unspecified atom stereocenters. The quantitative estimate of drug-likeness (QED) is 0.679. The summed E-state index contributed by atoms with van der Waals surface area (Å²) in [5.74, 6) is 1.66. The minimum absolute atomic E-state index is 0.710. The highest BCUT2D eigenvalue weighted by Crippen LogP contribution is 2.26. The number of alkyl halides is 1. The maximum Gasteiger partial charge on any atom is 0.119 e. The molecule has 0 atom stereocenters. The van der Waals surface area contributed by atoms with Crippen molar-refractivity contribution >= 4 is 11.6 Å². The van der Waals surface area contributed by atoms with Crippen LogP contribution in [0.4, 0.5) is 0 Å². The second-order valence-corrected chi connectivity index (χ2v) is 4.50. The monoisotopic (exact) mass is 239 g/mol. The van der Waals surface area contributed by atoms with Gasteiger partial charge in [0.25, 0.3) is 0 Å². The Hall–Kier alpha value is -0.730. The number of para-hydroxylation sites is 1. The molecule has 0 heterocycles. The smallest absolute Gasteiger partial charge is 0.119 e. The first-order chi connectivity index (χ1) is 7.90. The van der Waals surface area contributed by atoms with Gasteiger partial charge in [-0.3, -0.25) is 4.90 Å². The zero-order chi connectivity index (χ0) is 11.2. The number of benzene rings is 1. The fraction of sp³-hybridized carbons (Fsp3) is 0.538. The predicted octanol–water partition coefficient (Wildman–Crippen LogP) is 2.77. The average molecular weight is 240 g/mol. The first-order valence-corrected chi connectivity index (χ1v) is 6.41. The van der Waals surface area contributed by atoms with Crippen LogP contribution in [0.3, 0.4) is 0 Å². The molecule has 0 spiro atoms. The largest absolute Gasteiger partial charge is 0.492 e. The summed E-state index contributed by atoms with van der Waals surface area (Å²) < 4.78 is 5.68. The summed E-state index contributed by atoms with van der Waals surface area (Å²) in [6.45, 7) is 2.70. The lowest BCUT2D eigenvalue weighted by atomic mass is 10.3. The SMILES string of the molecule is ClCCN(CCOc1ccccc1)C1CC1. The van der Waals surface area contributed by atoms with Crippen LogP contribution in [0.5, 0.6) is 5.75 Å². The van der Waals surface area contributed by atoms with E-state index in [2.05, 4.69) is 4.90 Å². The molecule has 1 saturated carbocycles. The highest BCUT2D eigenvalue weighted by Gasteiger charge is 2.27. The van der Waals surface area contributed by atoms with E-state index < -0.39 is 0 Å². The third kappa shape index (κ3) is 3.69. The van der Waals surface area contributed by atoms with E-state index in [1.807, 2.05) is 30.3 Å². The molecule has 1 fully saturated rings. The molecule has 3 heteroatoms. The van der Waals surface area contributed by atoms with Crippen LogP contribution in [0.1, 0.15) is 12.8 Å². The number of halogens is 1. The van der Waals surface area contributed by atoms with Crippen molar-refractivity contribution < 1.29 is 4.74 Å². The Morgan fingerprint density at radius 3 is 2.56 bits per heavy atom. The van der Waals surface area contributed by atoms with E-state index in [-0.39, 0.29) is 0 Å². The van der Waals surface area contributed by atoms with E-state index in [0.717, 1.165) is 31.5 Å². The highest BCUT2D eigenvalue weighted by molar-refractivity contribution is 6.18. The molecule has 2 rings (SSSR count). The number of nitrogens with zero attached hydrogens (tertiary/aromatic N) is 1. The maximum atomic E-state index is 5.78. The van der Waals surface area contributed by atoms with Gasteiger partial charge in [-0.25, -0.2) is 0 Å². The molecule has 0 bridgehead atoms. The second kappa shape index (κ2) is 6.12. The van der Waals surface area contributed by atoms with Gasteiger partial charge in [0.05, 0.1) is 0 Å². The molecule has 1 aliphatic carbocycles. The van der Waals surface area contributed by atoms with E-state index in [4.69, 9.17) is 16.3 Å². The molecular weight excluding hydrogens is 222 g/mol. The van der Waals surface area contributed by atoms with Crippen LogP contribution >= 0.6 is 11.6 Å². The average Bonchev–Trinajstić information content (AvgIpc) is 3.13. The summed E-state index contributed by atoms with van der Waals surface area (Å²) in [5.41, 5.74) is 0.